The van der Waals surface area contributed by atoms with Crippen molar-refractivity contribution in [1.82, 2.24) is 10.2 Å². The number of halogens is 1. The zero-order valence-corrected chi connectivity index (χ0v) is 12.9. The number of hydrogen-bond acceptors (Lipinski definition) is 7. The summed E-state index contributed by atoms with van der Waals surface area (Å²) in [7, 11) is 0. The zero-order chi connectivity index (χ0) is 13.8. The molecule has 0 fully saturated rings. The minimum atomic E-state index is -0.429. The third-order valence-electron chi connectivity index (χ3n) is 2.15. The van der Waals surface area contributed by atoms with Crippen LogP contribution in [0.3, 0.4) is 0 Å². The second-order valence-corrected chi connectivity index (χ2v) is 7.02. The predicted octanol–water partition coefficient (Wildman–Crippen LogP) is 4.11. The summed E-state index contributed by atoms with van der Waals surface area (Å²) in [6.45, 7) is 0. The third kappa shape index (κ3) is 3.82. The highest BCUT2D eigenvalue weighted by atomic mass is 35.5. The SMILES string of the molecule is CSc1nnc(SCc2cc([N+](=O)[O-])ccc2Cl)s1. The Morgan fingerprint density at radius 1 is 1.42 bits per heavy atom. The van der Waals surface area contributed by atoms with Gasteiger partial charge in [0.25, 0.3) is 5.69 Å². The lowest BCUT2D eigenvalue weighted by atomic mass is 10.2. The average molecular weight is 334 g/mol. The van der Waals surface area contributed by atoms with Gasteiger partial charge in [-0.05, 0) is 17.9 Å². The van der Waals surface area contributed by atoms with Crippen LogP contribution in [-0.4, -0.2) is 21.4 Å². The van der Waals surface area contributed by atoms with Gasteiger partial charge in [-0.2, -0.15) is 0 Å². The van der Waals surface area contributed by atoms with Crippen molar-refractivity contribution in [3.8, 4) is 0 Å². The van der Waals surface area contributed by atoms with Gasteiger partial charge in [-0.15, -0.1) is 10.2 Å². The van der Waals surface area contributed by atoms with Crippen LogP contribution in [0.2, 0.25) is 5.02 Å². The summed E-state index contributed by atoms with van der Waals surface area (Å²) in [5, 5.41) is 19.2. The van der Waals surface area contributed by atoms with Crippen LogP contribution in [0.25, 0.3) is 0 Å². The molecule has 5 nitrogen and oxygen atoms in total. The molecule has 0 atom stereocenters. The lowest BCUT2D eigenvalue weighted by Crippen LogP contribution is -1.90. The van der Waals surface area contributed by atoms with E-state index in [1.54, 1.807) is 6.07 Å². The molecule has 1 aromatic heterocycles. The van der Waals surface area contributed by atoms with Crippen LogP contribution in [0, 0.1) is 10.1 Å². The molecule has 100 valence electrons. The number of benzene rings is 1. The molecule has 0 aliphatic heterocycles. The minimum Gasteiger partial charge on any atom is -0.258 e. The number of non-ortho nitro benzene ring substituents is 1. The lowest BCUT2D eigenvalue weighted by Gasteiger charge is -2.02. The average Bonchev–Trinajstić information content (AvgIpc) is 2.85. The summed E-state index contributed by atoms with van der Waals surface area (Å²) < 4.78 is 1.72. The number of hydrogen-bond donors (Lipinski definition) is 0. The Hall–Kier alpha value is -0.830. The van der Waals surface area contributed by atoms with Crippen molar-refractivity contribution in [1.29, 1.82) is 0 Å². The standard InChI is InChI=1S/C10H8ClN3O2S3/c1-17-9-12-13-10(19-9)18-5-6-4-7(14(15)16)2-3-8(6)11/h2-4H,5H2,1H3. The maximum Gasteiger partial charge on any atom is 0.269 e. The highest BCUT2D eigenvalue weighted by Gasteiger charge is 2.11. The van der Waals surface area contributed by atoms with Gasteiger partial charge in [-0.25, -0.2) is 0 Å². The summed E-state index contributed by atoms with van der Waals surface area (Å²) in [4.78, 5) is 10.3. The highest BCUT2D eigenvalue weighted by Crippen LogP contribution is 2.32. The number of nitro benzene ring substituents is 1. The number of aromatic nitrogens is 2. The molecule has 0 amide bonds. The lowest BCUT2D eigenvalue weighted by molar-refractivity contribution is -0.384. The molecule has 19 heavy (non-hydrogen) atoms. The van der Waals surface area contributed by atoms with E-state index in [0.717, 1.165) is 14.2 Å². The van der Waals surface area contributed by atoms with Gasteiger partial charge >= 0.3 is 0 Å². The zero-order valence-electron chi connectivity index (χ0n) is 9.70. The van der Waals surface area contributed by atoms with E-state index < -0.39 is 4.92 Å². The number of rotatable bonds is 5. The van der Waals surface area contributed by atoms with E-state index in [9.17, 15) is 10.1 Å². The minimum absolute atomic E-state index is 0.0436. The smallest absolute Gasteiger partial charge is 0.258 e. The first-order valence-electron chi connectivity index (χ1n) is 5.03. The molecule has 1 heterocycles. The summed E-state index contributed by atoms with van der Waals surface area (Å²) in [6.07, 6.45) is 1.94. The van der Waals surface area contributed by atoms with Crippen molar-refractivity contribution in [2.45, 2.75) is 14.4 Å². The van der Waals surface area contributed by atoms with E-state index in [1.165, 1.54) is 47.0 Å². The van der Waals surface area contributed by atoms with Gasteiger partial charge in [0.15, 0.2) is 8.68 Å². The first-order valence-corrected chi connectivity index (χ1v) is 8.43. The molecule has 2 rings (SSSR count). The van der Waals surface area contributed by atoms with Crippen LogP contribution in [-0.2, 0) is 5.75 Å². The van der Waals surface area contributed by atoms with E-state index in [2.05, 4.69) is 10.2 Å². The van der Waals surface area contributed by atoms with E-state index in [4.69, 9.17) is 11.6 Å². The fourth-order valence-corrected chi connectivity index (χ4v) is 3.96. The maximum absolute atomic E-state index is 10.7. The monoisotopic (exact) mass is 333 g/mol. The van der Waals surface area contributed by atoms with Gasteiger partial charge in [0.05, 0.1) is 4.92 Å². The van der Waals surface area contributed by atoms with Crippen molar-refractivity contribution in [2.24, 2.45) is 0 Å². The Morgan fingerprint density at radius 2 is 2.16 bits per heavy atom. The van der Waals surface area contributed by atoms with Gasteiger partial charge in [0.1, 0.15) is 0 Å². The largest absolute Gasteiger partial charge is 0.269 e. The Kier molecular flexibility index (Phi) is 5.03. The molecular weight excluding hydrogens is 326 g/mol. The Labute approximate surface area is 126 Å². The second kappa shape index (κ2) is 6.56. The highest BCUT2D eigenvalue weighted by molar-refractivity contribution is 8.02. The van der Waals surface area contributed by atoms with E-state index in [-0.39, 0.29) is 5.69 Å². The molecule has 0 radical (unpaired) electrons. The van der Waals surface area contributed by atoms with Crippen molar-refractivity contribution in [2.75, 3.05) is 6.26 Å². The first-order chi connectivity index (χ1) is 9.10. The molecule has 2 aromatic rings. The van der Waals surface area contributed by atoms with Crippen molar-refractivity contribution in [3.05, 3.63) is 38.9 Å². The predicted molar refractivity (Wildman–Crippen MR) is 79.4 cm³/mol. The van der Waals surface area contributed by atoms with Crippen LogP contribution in [0.15, 0.2) is 26.9 Å². The summed E-state index contributed by atoms with van der Waals surface area (Å²) in [5.74, 6) is 0.531. The summed E-state index contributed by atoms with van der Waals surface area (Å²) in [6, 6.07) is 4.43. The van der Waals surface area contributed by atoms with Crippen LogP contribution in [0.5, 0.6) is 0 Å². The van der Waals surface area contributed by atoms with Crippen molar-refractivity contribution < 1.29 is 4.92 Å². The second-order valence-electron chi connectivity index (χ2n) is 3.36. The van der Waals surface area contributed by atoms with Crippen LogP contribution < -0.4 is 0 Å². The summed E-state index contributed by atoms with van der Waals surface area (Å²) >= 11 is 10.5. The van der Waals surface area contributed by atoms with E-state index in [1.807, 2.05) is 6.26 Å². The van der Waals surface area contributed by atoms with Gasteiger partial charge in [-0.3, -0.25) is 10.1 Å². The molecule has 0 aliphatic rings. The molecule has 0 saturated heterocycles. The summed E-state index contributed by atoms with van der Waals surface area (Å²) in [5.41, 5.74) is 0.767. The molecule has 0 bridgehead atoms. The van der Waals surface area contributed by atoms with Gasteiger partial charge in [-0.1, -0.05) is 46.5 Å². The van der Waals surface area contributed by atoms with Crippen LogP contribution in [0.1, 0.15) is 5.56 Å². The fourth-order valence-electron chi connectivity index (χ4n) is 1.26. The molecule has 0 saturated carbocycles. The normalized spacial score (nSPS) is 10.6. The molecule has 9 heteroatoms. The molecule has 1 aromatic carbocycles. The van der Waals surface area contributed by atoms with Gasteiger partial charge in [0.2, 0.25) is 0 Å². The quantitative estimate of drug-likeness (QED) is 0.466. The number of thioether (sulfide) groups is 2. The Bertz CT molecular complexity index is 605. The van der Waals surface area contributed by atoms with E-state index >= 15 is 0 Å². The number of nitrogens with zero attached hydrogens (tertiary/aromatic N) is 3. The molecule has 0 unspecified atom stereocenters. The Balaban J connectivity index is 2.10. The fraction of sp³-hybridized carbons (Fsp3) is 0.200. The molecular formula is C10H8ClN3O2S3. The van der Waals surface area contributed by atoms with Crippen molar-refractivity contribution in [3.63, 3.8) is 0 Å². The number of nitro groups is 1. The van der Waals surface area contributed by atoms with E-state index in [0.29, 0.717) is 10.8 Å². The maximum atomic E-state index is 10.7. The van der Waals surface area contributed by atoms with Crippen LogP contribution >= 0.6 is 46.5 Å². The van der Waals surface area contributed by atoms with Gasteiger partial charge < -0.3 is 0 Å². The van der Waals surface area contributed by atoms with Crippen LogP contribution in [0.4, 0.5) is 5.69 Å². The first kappa shape index (κ1) is 14.6. The van der Waals surface area contributed by atoms with Crippen molar-refractivity contribution >= 4 is 52.1 Å². The molecule has 0 aliphatic carbocycles. The molecule has 0 spiro atoms. The topological polar surface area (TPSA) is 68.9 Å². The third-order valence-corrected chi connectivity index (χ3v) is 5.60. The van der Waals surface area contributed by atoms with Gasteiger partial charge in [0, 0.05) is 22.9 Å². The molecule has 0 N–H and O–H groups in total. The Morgan fingerprint density at radius 3 is 2.79 bits per heavy atom.